The van der Waals surface area contributed by atoms with Crippen molar-refractivity contribution < 1.29 is 14.6 Å². The summed E-state index contributed by atoms with van der Waals surface area (Å²) in [5.41, 5.74) is 1.55. The number of ether oxygens (including phenoxy) is 1. The number of nitrogens with one attached hydrogen (secondary N) is 2. The number of hydrogen-bond acceptors (Lipinski definition) is 8. The number of aromatic nitrogens is 5. The van der Waals surface area contributed by atoms with Gasteiger partial charge in [0, 0.05) is 48.5 Å². The van der Waals surface area contributed by atoms with Gasteiger partial charge in [-0.2, -0.15) is 0 Å². The summed E-state index contributed by atoms with van der Waals surface area (Å²) in [6.45, 7) is 2.80. The van der Waals surface area contributed by atoms with Gasteiger partial charge in [-0.1, -0.05) is 0 Å². The zero-order valence-electron chi connectivity index (χ0n) is 18.3. The van der Waals surface area contributed by atoms with Crippen molar-refractivity contribution in [2.45, 2.75) is 31.7 Å². The Labute approximate surface area is 190 Å². The molecule has 10 nitrogen and oxygen atoms in total. The summed E-state index contributed by atoms with van der Waals surface area (Å²) in [4.78, 5) is 35.7. The Morgan fingerprint density at radius 3 is 2.73 bits per heavy atom. The fourth-order valence-electron chi connectivity index (χ4n) is 5.81. The highest BCUT2D eigenvalue weighted by atomic mass is 16.5. The Morgan fingerprint density at radius 1 is 1.15 bits per heavy atom. The van der Waals surface area contributed by atoms with Crippen molar-refractivity contribution in [2.75, 3.05) is 36.5 Å². The van der Waals surface area contributed by atoms with Crippen molar-refractivity contribution in [1.29, 1.82) is 0 Å². The van der Waals surface area contributed by atoms with Gasteiger partial charge < -0.3 is 25.0 Å². The maximum atomic E-state index is 12.1. The monoisotopic (exact) mass is 449 g/mol. The maximum absolute atomic E-state index is 12.1. The summed E-state index contributed by atoms with van der Waals surface area (Å²) in [6.07, 6.45) is 9.26. The van der Waals surface area contributed by atoms with Crippen LogP contribution >= 0.6 is 0 Å². The molecule has 2 bridgehead atoms. The number of fused-ring (bicyclic) bond motifs is 4. The Balaban J connectivity index is 1.40. The highest BCUT2D eigenvalue weighted by Gasteiger charge is 2.47. The van der Waals surface area contributed by atoms with E-state index in [0.717, 1.165) is 61.2 Å². The van der Waals surface area contributed by atoms with Crippen molar-refractivity contribution >= 4 is 28.6 Å². The van der Waals surface area contributed by atoms with Gasteiger partial charge in [-0.05, 0) is 37.5 Å². The Bertz CT molecular complexity index is 1170. The molecule has 1 saturated heterocycles. The molecule has 3 aliphatic carbocycles. The summed E-state index contributed by atoms with van der Waals surface area (Å²) in [6, 6.07) is 1.82. The lowest BCUT2D eigenvalue weighted by Crippen LogP contribution is -2.51. The third-order valence-corrected chi connectivity index (χ3v) is 7.46. The highest BCUT2D eigenvalue weighted by molar-refractivity contribution is 5.91. The molecule has 0 aromatic carbocycles. The normalized spacial score (nSPS) is 27.1. The van der Waals surface area contributed by atoms with E-state index in [9.17, 15) is 9.90 Å². The van der Waals surface area contributed by atoms with Crippen LogP contribution < -0.4 is 10.2 Å². The van der Waals surface area contributed by atoms with Crippen LogP contribution in [0.2, 0.25) is 0 Å². The molecule has 7 rings (SSSR count). The summed E-state index contributed by atoms with van der Waals surface area (Å²) in [5, 5.41) is 14.4. The second-order valence-electron chi connectivity index (χ2n) is 9.23. The van der Waals surface area contributed by atoms with Gasteiger partial charge in [0.1, 0.15) is 23.6 Å². The molecule has 0 amide bonds. The van der Waals surface area contributed by atoms with Gasteiger partial charge in [0.05, 0.1) is 19.1 Å². The van der Waals surface area contributed by atoms with Gasteiger partial charge in [0.25, 0.3) is 0 Å². The molecule has 2 unspecified atom stereocenters. The number of nitrogens with zero attached hydrogens (tertiary/aromatic N) is 5. The molecule has 2 atom stereocenters. The van der Waals surface area contributed by atoms with E-state index in [-0.39, 0.29) is 17.9 Å². The average molecular weight is 450 g/mol. The van der Waals surface area contributed by atoms with Crippen molar-refractivity contribution in [2.24, 2.45) is 17.8 Å². The molecule has 1 aliphatic heterocycles. The minimum atomic E-state index is -0.710. The van der Waals surface area contributed by atoms with Gasteiger partial charge in [-0.15, -0.1) is 0 Å². The zero-order valence-corrected chi connectivity index (χ0v) is 18.3. The standard InChI is InChI=1S/C23H27N7O3/c31-23(32)19-13-1-3-14(4-2-13)20(19)27-17-9-18(30-5-7-33-8-6-30)29-22(28-17)16-11-25-21-15(16)10-24-12-26-21/h9-14,19-20H,1-8H2,(H,31,32)(H,24,25,26)(H,27,28,29). The smallest absolute Gasteiger partial charge is 0.308 e. The molecule has 3 aromatic heterocycles. The molecular weight excluding hydrogens is 422 g/mol. The molecular formula is C23H27N7O3. The number of H-pyrrole nitrogens is 1. The van der Waals surface area contributed by atoms with Crippen LogP contribution in [0.4, 0.5) is 11.6 Å². The lowest BCUT2D eigenvalue weighted by molar-refractivity contribution is -0.148. The van der Waals surface area contributed by atoms with E-state index in [0.29, 0.717) is 30.8 Å². The van der Waals surface area contributed by atoms with Crippen LogP contribution in [0.1, 0.15) is 25.7 Å². The second-order valence-corrected chi connectivity index (χ2v) is 9.23. The van der Waals surface area contributed by atoms with Crippen LogP contribution in [0, 0.1) is 17.8 Å². The molecule has 0 radical (unpaired) electrons. The lowest BCUT2D eigenvalue weighted by Gasteiger charge is -2.47. The Hall–Kier alpha value is -3.27. The largest absolute Gasteiger partial charge is 0.481 e. The summed E-state index contributed by atoms with van der Waals surface area (Å²) >= 11 is 0. The van der Waals surface area contributed by atoms with E-state index in [1.54, 1.807) is 6.20 Å². The third-order valence-electron chi connectivity index (χ3n) is 7.46. The second kappa shape index (κ2) is 8.26. The number of anilines is 2. The number of aliphatic carboxylic acids is 1. The first-order valence-corrected chi connectivity index (χ1v) is 11.7. The summed E-state index contributed by atoms with van der Waals surface area (Å²) in [7, 11) is 0. The van der Waals surface area contributed by atoms with Crippen molar-refractivity contribution in [3.8, 4) is 11.4 Å². The fraction of sp³-hybridized carbons (Fsp3) is 0.522. The predicted octanol–water partition coefficient (Wildman–Crippen LogP) is 2.55. The Kier molecular flexibility index (Phi) is 5.09. The topological polar surface area (TPSA) is 129 Å². The molecule has 3 N–H and O–H groups in total. The van der Waals surface area contributed by atoms with E-state index in [1.807, 2.05) is 12.3 Å². The first-order chi connectivity index (χ1) is 16.2. The van der Waals surface area contributed by atoms with Crippen molar-refractivity contribution in [3.63, 3.8) is 0 Å². The minimum absolute atomic E-state index is 0.124. The number of carbonyl (C=O) groups is 1. The molecule has 10 heteroatoms. The first-order valence-electron chi connectivity index (χ1n) is 11.7. The maximum Gasteiger partial charge on any atom is 0.308 e. The van der Waals surface area contributed by atoms with Crippen LogP contribution in [0.25, 0.3) is 22.4 Å². The molecule has 4 aliphatic rings. The summed E-state index contributed by atoms with van der Waals surface area (Å²) in [5.74, 6) is 1.53. The van der Waals surface area contributed by atoms with Gasteiger partial charge in [0.2, 0.25) is 0 Å². The van der Waals surface area contributed by atoms with Gasteiger partial charge in [-0.25, -0.2) is 19.9 Å². The van der Waals surface area contributed by atoms with E-state index in [4.69, 9.17) is 14.7 Å². The molecule has 33 heavy (non-hydrogen) atoms. The van der Waals surface area contributed by atoms with Gasteiger partial charge in [0.15, 0.2) is 5.82 Å². The number of carboxylic acids is 1. The third kappa shape index (κ3) is 3.68. The molecule has 172 valence electrons. The SMILES string of the molecule is O=C(O)C1C2CCC(CC2)C1Nc1cc(N2CCOCC2)nc(-c2c[nH]c3ncncc23)n1. The van der Waals surface area contributed by atoms with Crippen LogP contribution in [-0.4, -0.2) is 68.3 Å². The summed E-state index contributed by atoms with van der Waals surface area (Å²) < 4.78 is 5.52. The van der Waals surface area contributed by atoms with Crippen molar-refractivity contribution in [1.82, 2.24) is 24.9 Å². The molecule has 4 heterocycles. The molecule has 3 aromatic rings. The highest BCUT2D eigenvalue weighted by Crippen LogP contribution is 2.46. The van der Waals surface area contributed by atoms with Gasteiger partial charge in [-0.3, -0.25) is 4.79 Å². The van der Waals surface area contributed by atoms with Crippen LogP contribution in [-0.2, 0) is 9.53 Å². The van der Waals surface area contributed by atoms with Crippen molar-refractivity contribution in [3.05, 3.63) is 24.8 Å². The lowest BCUT2D eigenvalue weighted by atomic mass is 9.61. The minimum Gasteiger partial charge on any atom is -0.481 e. The quantitative estimate of drug-likeness (QED) is 0.538. The number of carboxylic acid groups (broad SMARTS) is 1. The molecule has 4 fully saturated rings. The zero-order chi connectivity index (χ0) is 22.4. The van der Waals surface area contributed by atoms with Crippen LogP contribution in [0.3, 0.4) is 0 Å². The Morgan fingerprint density at radius 2 is 1.94 bits per heavy atom. The first kappa shape index (κ1) is 20.3. The molecule has 0 spiro atoms. The fourth-order valence-corrected chi connectivity index (χ4v) is 5.81. The average Bonchev–Trinajstić information content (AvgIpc) is 3.29. The van der Waals surface area contributed by atoms with Crippen LogP contribution in [0.15, 0.2) is 24.8 Å². The van der Waals surface area contributed by atoms with E-state index >= 15 is 0 Å². The van der Waals surface area contributed by atoms with Gasteiger partial charge >= 0.3 is 5.97 Å². The van der Waals surface area contributed by atoms with E-state index < -0.39 is 5.97 Å². The predicted molar refractivity (Wildman–Crippen MR) is 122 cm³/mol. The number of rotatable bonds is 5. The van der Waals surface area contributed by atoms with E-state index in [2.05, 4.69) is 25.2 Å². The number of aromatic amines is 1. The molecule has 3 saturated carbocycles. The van der Waals surface area contributed by atoms with Crippen LogP contribution in [0.5, 0.6) is 0 Å². The van der Waals surface area contributed by atoms with E-state index in [1.165, 1.54) is 6.33 Å². The number of morpholine rings is 1. The number of hydrogen-bond donors (Lipinski definition) is 3.